The van der Waals surface area contributed by atoms with Gasteiger partial charge in [-0.05, 0) is 36.6 Å². The van der Waals surface area contributed by atoms with Gasteiger partial charge in [0, 0.05) is 16.5 Å². The molecule has 0 amide bonds. The number of carbonyl (C=O) groups is 1. The Balaban J connectivity index is 2.42. The Hall–Kier alpha value is -2.01. The van der Waals surface area contributed by atoms with E-state index >= 15 is 0 Å². The van der Waals surface area contributed by atoms with Gasteiger partial charge >= 0.3 is 0 Å². The maximum absolute atomic E-state index is 14.1. The highest BCUT2D eigenvalue weighted by atomic mass is 32.2. The van der Waals surface area contributed by atoms with E-state index in [9.17, 15) is 9.18 Å². The summed E-state index contributed by atoms with van der Waals surface area (Å²) in [5.74, 6) is -0.444. The molecule has 3 nitrogen and oxygen atoms in total. The zero-order valence-corrected chi connectivity index (χ0v) is 12.8. The number of ketones is 1. The Kier molecular flexibility index (Phi) is 4.85. The van der Waals surface area contributed by atoms with Crippen LogP contribution in [0.4, 0.5) is 4.39 Å². The SMILES string of the molecule is COc1cc(F)c(C(=O)c2ccc(SC)cc2)cc1OC. The molecule has 2 aromatic rings. The molecular formula is C16H15FO3S. The minimum absolute atomic E-state index is 0.0375. The van der Waals surface area contributed by atoms with Crippen molar-refractivity contribution in [2.24, 2.45) is 0 Å². The third-order valence-corrected chi connectivity index (χ3v) is 3.81. The van der Waals surface area contributed by atoms with Crippen molar-refractivity contribution < 1.29 is 18.7 Å². The van der Waals surface area contributed by atoms with Crippen LogP contribution in [-0.4, -0.2) is 26.3 Å². The average molecular weight is 306 g/mol. The summed E-state index contributed by atoms with van der Waals surface area (Å²) < 4.78 is 24.2. The lowest BCUT2D eigenvalue weighted by atomic mass is 10.0. The number of hydrogen-bond acceptors (Lipinski definition) is 4. The zero-order chi connectivity index (χ0) is 15.4. The van der Waals surface area contributed by atoms with Gasteiger partial charge in [-0.25, -0.2) is 4.39 Å². The summed E-state index contributed by atoms with van der Waals surface area (Å²) in [5, 5.41) is 0. The van der Waals surface area contributed by atoms with Crippen molar-refractivity contribution >= 4 is 17.5 Å². The third kappa shape index (κ3) is 3.19. The lowest BCUT2D eigenvalue weighted by Crippen LogP contribution is -2.05. The van der Waals surface area contributed by atoms with Crippen LogP contribution in [0.5, 0.6) is 11.5 Å². The summed E-state index contributed by atoms with van der Waals surface area (Å²) in [5.41, 5.74) is 0.392. The molecule has 5 heteroatoms. The Morgan fingerprint density at radius 2 is 1.62 bits per heavy atom. The molecule has 0 unspecified atom stereocenters. The van der Waals surface area contributed by atoms with Gasteiger partial charge in [-0.15, -0.1) is 11.8 Å². The quantitative estimate of drug-likeness (QED) is 0.622. The normalized spacial score (nSPS) is 10.3. The standard InChI is InChI=1S/C16H15FO3S/c1-19-14-8-12(13(17)9-15(14)20-2)16(18)10-4-6-11(21-3)7-5-10/h4-9H,1-3H3. The van der Waals surface area contributed by atoms with Crippen LogP contribution < -0.4 is 9.47 Å². The van der Waals surface area contributed by atoms with E-state index < -0.39 is 5.82 Å². The van der Waals surface area contributed by atoms with E-state index in [1.807, 2.05) is 18.4 Å². The molecule has 110 valence electrons. The van der Waals surface area contributed by atoms with Gasteiger partial charge in [-0.2, -0.15) is 0 Å². The summed E-state index contributed by atoms with van der Waals surface area (Å²) in [6.45, 7) is 0. The maximum atomic E-state index is 14.1. The Bertz CT molecular complexity index is 653. The van der Waals surface area contributed by atoms with Crippen molar-refractivity contribution in [3.8, 4) is 11.5 Å². The molecule has 0 aliphatic rings. The van der Waals surface area contributed by atoms with E-state index in [1.54, 1.807) is 23.9 Å². The molecule has 0 aliphatic carbocycles. The first kappa shape index (κ1) is 15.4. The highest BCUT2D eigenvalue weighted by molar-refractivity contribution is 7.98. The first-order valence-electron chi connectivity index (χ1n) is 6.21. The van der Waals surface area contributed by atoms with Crippen LogP contribution in [0.2, 0.25) is 0 Å². The van der Waals surface area contributed by atoms with Gasteiger partial charge in [0.1, 0.15) is 5.82 Å². The van der Waals surface area contributed by atoms with Gasteiger partial charge in [0.2, 0.25) is 0 Å². The molecule has 0 saturated heterocycles. The van der Waals surface area contributed by atoms with E-state index in [2.05, 4.69) is 0 Å². The third-order valence-electron chi connectivity index (χ3n) is 3.07. The highest BCUT2D eigenvalue weighted by Gasteiger charge is 2.18. The molecule has 0 spiro atoms. The van der Waals surface area contributed by atoms with Crippen LogP contribution in [-0.2, 0) is 0 Å². The van der Waals surface area contributed by atoms with Gasteiger partial charge in [0.25, 0.3) is 0 Å². The maximum Gasteiger partial charge on any atom is 0.196 e. The molecule has 0 aromatic heterocycles. The summed E-state index contributed by atoms with van der Waals surface area (Å²) in [4.78, 5) is 13.4. The Morgan fingerprint density at radius 3 is 2.14 bits per heavy atom. The molecular weight excluding hydrogens is 291 g/mol. The lowest BCUT2D eigenvalue weighted by Gasteiger charge is -2.10. The molecule has 0 N–H and O–H groups in total. The second-order valence-corrected chi connectivity index (χ2v) is 5.12. The van der Waals surface area contributed by atoms with E-state index in [4.69, 9.17) is 9.47 Å². The minimum Gasteiger partial charge on any atom is -0.493 e. The second kappa shape index (κ2) is 6.63. The molecule has 0 heterocycles. The zero-order valence-electron chi connectivity index (χ0n) is 12.0. The topological polar surface area (TPSA) is 35.5 Å². The molecule has 0 atom stereocenters. The van der Waals surface area contributed by atoms with Crippen molar-refractivity contribution in [1.82, 2.24) is 0 Å². The van der Waals surface area contributed by atoms with E-state index in [-0.39, 0.29) is 17.1 Å². The van der Waals surface area contributed by atoms with Crippen LogP contribution in [0.1, 0.15) is 15.9 Å². The molecule has 21 heavy (non-hydrogen) atoms. The predicted octanol–water partition coefficient (Wildman–Crippen LogP) is 3.80. The molecule has 0 saturated carbocycles. The number of benzene rings is 2. The van der Waals surface area contributed by atoms with E-state index in [0.29, 0.717) is 11.3 Å². The summed E-state index contributed by atoms with van der Waals surface area (Å²) in [6.07, 6.45) is 1.95. The van der Waals surface area contributed by atoms with Crippen LogP contribution in [0.25, 0.3) is 0 Å². The van der Waals surface area contributed by atoms with Crippen LogP contribution >= 0.6 is 11.8 Å². The van der Waals surface area contributed by atoms with Crippen LogP contribution in [0, 0.1) is 5.82 Å². The van der Waals surface area contributed by atoms with Crippen molar-refractivity contribution in [2.75, 3.05) is 20.5 Å². The summed E-state index contributed by atoms with van der Waals surface area (Å²) in [6, 6.07) is 9.54. The van der Waals surface area contributed by atoms with E-state index in [1.165, 1.54) is 20.3 Å². The molecule has 0 bridgehead atoms. The van der Waals surface area contributed by atoms with Crippen molar-refractivity contribution in [1.29, 1.82) is 0 Å². The average Bonchev–Trinajstić information content (AvgIpc) is 2.54. The molecule has 2 aromatic carbocycles. The smallest absolute Gasteiger partial charge is 0.196 e. The van der Waals surface area contributed by atoms with Crippen molar-refractivity contribution in [3.63, 3.8) is 0 Å². The first-order valence-corrected chi connectivity index (χ1v) is 7.43. The summed E-state index contributed by atoms with van der Waals surface area (Å²) >= 11 is 1.58. The minimum atomic E-state index is -0.633. The number of thioether (sulfide) groups is 1. The van der Waals surface area contributed by atoms with Gasteiger partial charge in [-0.3, -0.25) is 4.79 Å². The number of methoxy groups -OCH3 is 2. The second-order valence-electron chi connectivity index (χ2n) is 4.24. The number of halogens is 1. The fourth-order valence-electron chi connectivity index (χ4n) is 1.93. The Morgan fingerprint density at radius 1 is 1.05 bits per heavy atom. The van der Waals surface area contributed by atoms with Gasteiger partial charge < -0.3 is 9.47 Å². The van der Waals surface area contributed by atoms with Gasteiger partial charge in [-0.1, -0.05) is 0 Å². The number of carbonyl (C=O) groups excluding carboxylic acids is 1. The lowest BCUT2D eigenvalue weighted by molar-refractivity contribution is 0.103. The molecule has 2 rings (SSSR count). The first-order chi connectivity index (χ1) is 10.1. The fraction of sp³-hybridized carbons (Fsp3) is 0.188. The highest BCUT2D eigenvalue weighted by Crippen LogP contribution is 2.31. The monoisotopic (exact) mass is 306 g/mol. The van der Waals surface area contributed by atoms with Gasteiger partial charge in [0.15, 0.2) is 17.3 Å². The fourth-order valence-corrected chi connectivity index (χ4v) is 2.33. The summed E-state index contributed by atoms with van der Waals surface area (Å²) in [7, 11) is 2.86. The van der Waals surface area contributed by atoms with Crippen molar-refractivity contribution in [2.45, 2.75) is 4.90 Å². The molecule has 0 radical (unpaired) electrons. The van der Waals surface area contributed by atoms with Crippen LogP contribution in [0.3, 0.4) is 0 Å². The van der Waals surface area contributed by atoms with Crippen LogP contribution in [0.15, 0.2) is 41.3 Å². The van der Waals surface area contributed by atoms with E-state index in [0.717, 1.165) is 11.0 Å². The number of hydrogen-bond donors (Lipinski definition) is 0. The van der Waals surface area contributed by atoms with Crippen molar-refractivity contribution in [3.05, 3.63) is 53.3 Å². The molecule has 0 fully saturated rings. The Labute approximate surface area is 127 Å². The number of rotatable bonds is 5. The largest absolute Gasteiger partial charge is 0.493 e. The molecule has 0 aliphatic heterocycles. The predicted molar refractivity (Wildman–Crippen MR) is 81.2 cm³/mol. The van der Waals surface area contributed by atoms with Gasteiger partial charge in [0.05, 0.1) is 19.8 Å². The number of ether oxygens (including phenoxy) is 2.